The van der Waals surface area contributed by atoms with Crippen molar-refractivity contribution in [2.24, 2.45) is 5.14 Å². The number of rotatable bonds is 5. The van der Waals surface area contributed by atoms with Crippen LogP contribution in [-0.2, 0) is 10.2 Å². The molecular formula is C16H23N5O4S. The van der Waals surface area contributed by atoms with Crippen LogP contribution in [-0.4, -0.2) is 63.1 Å². The van der Waals surface area contributed by atoms with Gasteiger partial charge in [0.15, 0.2) is 11.5 Å². The highest BCUT2D eigenvalue weighted by Crippen LogP contribution is 2.35. The van der Waals surface area contributed by atoms with Crippen LogP contribution >= 0.6 is 0 Å². The van der Waals surface area contributed by atoms with Gasteiger partial charge >= 0.3 is 0 Å². The molecular weight excluding hydrogens is 358 g/mol. The molecule has 1 aromatic heterocycles. The summed E-state index contributed by atoms with van der Waals surface area (Å²) in [5.74, 6) is 2.02. The van der Waals surface area contributed by atoms with Gasteiger partial charge in [-0.15, -0.1) is 0 Å². The lowest BCUT2D eigenvalue weighted by atomic mass is 10.0. The minimum atomic E-state index is -3.68. The van der Waals surface area contributed by atoms with Crippen LogP contribution < -0.4 is 19.5 Å². The molecule has 142 valence electrons. The van der Waals surface area contributed by atoms with Gasteiger partial charge in [-0.05, 0) is 18.9 Å². The molecule has 1 aromatic carbocycles. The molecule has 0 amide bonds. The molecule has 0 atom stereocenters. The lowest BCUT2D eigenvalue weighted by Crippen LogP contribution is -2.47. The van der Waals surface area contributed by atoms with Crippen LogP contribution in [0.15, 0.2) is 18.5 Å². The third kappa shape index (κ3) is 3.53. The zero-order valence-electron chi connectivity index (χ0n) is 15.0. The number of benzene rings is 1. The predicted octanol–water partition coefficient (Wildman–Crippen LogP) is 0.751. The van der Waals surface area contributed by atoms with Crippen LogP contribution in [0.1, 0.15) is 12.8 Å². The minimum Gasteiger partial charge on any atom is -0.493 e. The normalized spacial score (nSPS) is 16.3. The van der Waals surface area contributed by atoms with E-state index < -0.39 is 10.2 Å². The summed E-state index contributed by atoms with van der Waals surface area (Å²) in [5, 5.41) is 6.09. The molecule has 0 radical (unpaired) electrons. The highest BCUT2D eigenvalue weighted by Gasteiger charge is 2.28. The molecule has 3 rings (SSSR count). The van der Waals surface area contributed by atoms with Gasteiger partial charge < -0.3 is 14.4 Å². The Labute approximate surface area is 152 Å². The van der Waals surface area contributed by atoms with E-state index in [-0.39, 0.29) is 6.04 Å². The second kappa shape index (κ2) is 7.22. The molecule has 2 heterocycles. The average molecular weight is 381 g/mol. The Bertz CT molecular complexity index is 897. The van der Waals surface area contributed by atoms with E-state index >= 15 is 0 Å². The summed E-state index contributed by atoms with van der Waals surface area (Å²) in [7, 11) is 1.01. The lowest BCUT2D eigenvalue weighted by molar-refractivity contribution is 0.312. The molecule has 1 aliphatic heterocycles. The number of aromatic nitrogens is 2. The molecule has 2 N–H and O–H groups in total. The molecule has 1 aliphatic rings. The van der Waals surface area contributed by atoms with E-state index in [1.165, 1.54) is 17.7 Å². The van der Waals surface area contributed by atoms with Crippen LogP contribution in [0.3, 0.4) is 0 Å². The smallest absolute Gasteiger partial charge is 0.276 e. The largest absolute Gasteiger partial charge is 0.493 e. The number of hydrogen-bond acceptors (Lipinski definition) is 7. The van der Waals surface area contributed by atoms with Gasteiger partial charge in [-0.2, -0.15) is 12.7 Å². The van der Waals surface area contributed by atoms with Gasteiger partial charge in [-0.3, -0.25) is 0 Å². The number of anilines is 1. The Kier molecular flexibility index (Phi) is 5.17. The molecule has 0 spiro atoms. The molecule has 26 heavy (non-hydrogen) atoms. The maximum Gasteiger partial charge on any atom is 0.276 e. The van der Waals surface area contributed by atoms with E-state index in [0.717, 1.165) is 16.7 Å². The van der Waals surface area contributed by atoms with Crippen molar-refractivity contribution in [2.75, 3.05) is 39.3 Å². The van der Waals surface area contributed by atoms with Crippen molar-refractivity contribution >= 4 is 26.9 Å². The summed E-state index contributed by atoms with van der Waals surface area (Å²) < 4.78 is 35.0. The van der Waals surface area contributed by atoms with E-state index in [1.807, 2.05) is 12.1 Å². The van der Waals surface area contributed by atoms with Crippen molar-refractivity contribution in [3.63, 3.8) is 0 Å². The summed E-state index contributed by atoms with van der Waals surface area (Å²) >= 11 is 0. The number of nitrogens with two attached hydrogens (primary N) is 1. The summed E-state index contributed by atoms with van der Waals surface area (Å²) in [6.45, 7) is 1.34. The van der Waals surface area contributed by atoms with Crippen molar-refractivity contribution in [2.45, 2.75) is 18.9 Å². The number of piperidine rings is 1. The van der Waals surface area contributed by atoms with E-state index in [1.54, 1.807) is 14.2 Å². The number of fused-ring (bicyclic) bond motifs is 1. The summed E-state index contributed by atoms with van der Waals surface area (Å²) in [6.07, 6.45) is 2.86. The van der Waals surface area contributed by atoms with Gasteiger partial charge in [0.2, 0.25) is 0 Å². The third-order valence-corrected chi connectivity index (χ3v) is 5.90. The van der Waals surface area contributed by atoms with Gasteiger partial charge in [-0.25, -0.2) is 15.1 Å². The van der Waals surface area contributed by atoms with Crippen molar-refractivity contribution in [3.8, 4) is 11.5 Å². The number of hydrogen-bond donors (Lipinski definition) is 1. The third-order valence-electron chi connectivity index (χ3n) is 4.80. The van der Waals surface area contributed by atoms with Crippen molar-refractivity contribution in [3.05, 3.63) is 18.5 Å². The van der Waals surface area contributed by atoms with Crippen LogP contribution in [0.5, 0.6) is 11.5 Å². The van der Waals surface area contributed by atoms with Gasteiger partial charge in [0.25, 0.3) is 10.2 Å². The van der Waals surface area contributed by atoms with Gasteiger partial charge in [0.05, 0.1) is 19.7 Å². The fourth-order valence-electron chi connectivity index (χ4n) is 3.27. The SMILES string of the molecule is COc1cc2ncnc(N3CCC(N(C)S(N)(=O)=O)CC3)c2cc1OC. The molecule has 1 saturated heterocycles. The minimum absolute atomic E-state index is 0.107. The van der Waals surface area contributed by atoms with E-state index in [0.29, 0.717) is 37.4 Å². The first-order chi connectivity index (χ1) is 12.3. The Hall–Kier alpha value is -2.17. The molecule has 0 saturated carbocycles. The standard InChI is InChI=1S/C16H23N5O4S/c1-20(26(17,22)23)11-4-6-21(7-5-11)16-12-8-14(24-2)15(25-3)9-13(12)18-10-19-16/h8-11H,4-7H2,1-3H3,(H2,17,22,23). The Morgan fingerprint density at radius 3 is 2.35 bits per heavy atom. The monoisotopic (exact) mass is 381 g/mol. The Morgan fingerprint density at radius 1 is 1.15 bits per heavy atom. The summed E-state index contributed by atoms with van der Waals surface area (Å²) in [6, 6.07) is 3.58. The second-order valence-electron chi connectivity index (χ2n) is 6.20. The first-order valence-electron chi connectivity index (χ1n) is 8.22. The van der Waals surface area contributed by atoms with Gasteiger partial charge in [0.1, 0.15) is 12.1 Å². The van der Waals surface area contributed by atoms with Crippen molar-refractivity contribution in [1.29, 1.82) is 0 Å². The summed E-state index contributed by atoms with van der Waals surface area (Å²) in [4.78, 5) is 10.9. The van der Waals surface area contributed by atoms with Gasteiger partial charge in [-0.1, -0.05) is 0 Å². The van der Waals surface area contributed by atoms with Crippen LogP contribution in [0, 0.1) is 0 Å². The van der Waals surface area contributed by atoms with E-state index in [9.17, 15) is 8.42 Å². The first-order valence-corrected chi connectivity index (χ1v) is 9.73. The highest BCUT2D eigenvalue weighted by atomic mass is 32.2. The van der Waals surface area contributed by atoms with Crippen LogP contribution in [0.4, 0.5) is 5.82 Å². The fraction of sp³-hybridized carbons (Fsp3) is 0.500. The highest BCUT2D eigenvalue weighted by molar-refractivity contribution is 7.86. The predicted molar refractivity (Wildman–Crippen MR) is 98.7 cm³/mol. The first kappa shape index (κ1) is 18.6. The lowest BCUT2D eigenvalue weighted by Gasteiger charge is -2.36. The maximum atomic E-state index is 11.5. The molecule has 2 aromatic rings. The fourth-order valence-corrected chi connectivity index (χ4v) is 3.90. The molecule has 10 heteroatoms. The molecule has 0 bridgehead atoms. The summed E-state index contributed by atoms with van der Waals surface area (Å²) in [5.41, 5.74) is 0.761. The second-order valence-corrected chi connectivity index (χ2v) is 7.81. The van der Waals surface area contributed by atoms with Crippen LogP contribution in [0.25, 0.3) is 10.9 Å². The van der Waals surface area contributed by atoms with Crippen molar-refractivity contribution in [1.82, 2.24) is 14.3 Å². The average Bonchev–Trinajstić information content (AvgIpc) is 2.65. The number of nitrogens with zero attached hydrogens (tertiary/aromatic N) is 4. The Balaban J connectivity index is 1.88. The topological polar surface area (TPSA) is 111 Å². The maximum absolute atomic E-state index is 11.5. The molecule has 1 fully saturated rings. The molecule has 0 unspecified atom stereocenters. The van der Waals surface area contributed by atoms with E-state index in [2.05, 4.69) is 14.9 Å². The van der Waals surface area contributed by atoms with Gasteiger partial charge in [0, 0.05) is 37.6 Å². The van der Waals surface area contributed by atoms with Crippen molar-refractivity contribution < 1.29 is 17.9 Å². The zero-order chi connectivity index (χ0) is 18.9. The molecule has 9 nitrogen and oxygen atoms in total. The number of methoxy groups -OCH3 is 2. The quantitative estimate of drug-likeness (QED) is 0.813. The number of ether oxygens (including phenoxy) is 2. The molecule has 0 aliphatic carbocycles. The Morgan fingerprint density at radius 2 is 1.77 bits per heavy atom. The van der Waals surface area contributed by atoms with E-state index in [4.69, 9.17) is 14.6 Å². The zero-order valence-corrected chi connectivity index (χ0v) is 15.9. The van der Waals surface area contributed by atoms with Crippen LogP contribution in [0.2, 0.25) is 0 Å².